The van der Waals surface area contributed by atoms with E-state index in [9.17, 15) is 14.4 Å². The topological polar surface area (TPSA) is 85.6 Å². The van der Waals surface area contributed by atoms with Crippen molar-refractivity contribution in [2.45, 2.75) is 20.4 Å². The van der Waals surface area contributed by atoms with E-state index in [4.69, 9.17) is 9.15 Å². The average molecular weight is 351 g/mol. The summed E-state index contributed by atoms with van der Waals surface area (Å²) in [4.78, 5) is 35.5. The van der Waals surface area contributed by atoms with Crippen LogP contribution in [0.15, 0.2) is 57.7 Å². The molecule has 0 fully saturated rings. The van der Waals surface area contributed by atoms with Gasteiger partial charge in [0.1, 0.15) is 16.9 Å². The van der Waals surface area contributed by atoms with Crippen LogP contribution in [0.2, 0.25) is 0 Å². The molecule has 0 aliphatic heterocycles. The molecule has 2 aromatic carbocycles. The fourth-order valence-corrected chi connectivity index (χ4v) is 2.49. The number of benzene rings is 2. The molecule has 6 heteroatoms. The van der Waals surface area contributed by atoms with Gasteiger partial charge >= 0.3 is 11.6 Å². The van der Waals surface area contributed by atoms with Gasteiger partial charge in [-0.25, -0.2) is 9.59 Å². The largest absolute Gasteiger partial charge is 0.423 e. The normalized spacial score (nSPS) is 10.5. The summed E-state index contributed by atoms with van der Waals surface area (Å²) < 4.78 is 10.5. The number of carbonyl (C=O) groups excluding carboxylic acids is 2. The Morgan fingerprint density at radius 1 is 1.12 bits per heavy atom. The van der Waals surface area contributed by atoms with Gasteiger partial charge in [0.15, 0.2) is 0 Å². The maximum atomic E-state index is 12.4. The summed E-state index contributed by atoms with van der Waals surface area (Å²) in [6, 6.07) is 13.5. The summed E-state index contributed by atoms with van der Waals surface area (Å²) in [5, 5.41) is 3.26. The van der Waals surface area contributed by atoms with Crippen LogP contribution in [-0.2, 0) is 11.3 Å². The number of fused-ring (bicyclic) bond motifs is 1. The zero-order valence-corrected chi connectivity index (χ0v) is 14.4. The number of hydrogen-bond donors (Lipinski definition) is 1. The first kappa shape index (κ1) is 17.4. The van der Waals surface area contributed by atoms with Crippen molar-refractivity contribution < 1.29 is 18.7 Å². The van der Waals surface area contributed by atoms with Gasteiger partial charge < -0.3 is 14.5 Å². The van der Waals surface area contributed by atoms with E-state index in [1.807, 2.05) is 13.0 Å². The maximum Gasteiger partial charge on any atom is 0.351 e. The molecule has 3 aromatic rings. The van der Waals surface area contributed by atoms with Gasteiger partial charge in [0.05, 0.1) is 0 Å². The lowest BCUT2D eigenvalue weighted by atomic mass is 10.1. The third-order valence-electron chi connectivity index (χ3n) is 3.76. The molecular weight excluding hydrogens is 334 g/mol. The SMILES string of the molecule is CC(=O)NCc1ccc2oc(=O)c(C(=O)Oc3cccc(C)c3)cc2c1. The van der Waals surface area contributed by atoms with E-state index < -0.39 is 11.6 Å². The Kier molecular flexibility index (Phi) is 4.84. The molecule has 3 rings (SSSR count). The number of esters is 1. The fourth-order valence-electron chi connectivity index (χ4n) is 2.49. The van der Waals surface area contributed by atoms with Crippen molar-refractivity contribution in [3.8, 4) is 5.75 Å². The van der Waals surface area contributed by atoms with Crippen LogP contribution in [0, 0.1) is 6.92 Å². The summed E-state index contributed by atoms with van der Waals surface area (Å²) in [5.74, 6) is -0.570. The van der Waals surface area contributed by atoms with E-state index in [1.165, 1.54) is 13.0 Å². The van der Waals surface area contributed by atoms with Crippen LogP contribution in [0.25, 0.3) is 11.0 Å². The molecule has 0 bridgehead atoms. The van der Waals surface area contributed by atoms with Gasteiger partial charge in [-0.05, 0) is 48.4 Å². The lowest BCUT2D eigenvalue weighted by Crippen LogP contribution is -2.19. The molecule has 0 aliphatic carbocycles. The molecule has 1 heterocycles. The number of aryl methyl sites for hydroxylation is 1. The van der Waals surface area contributed by atoms with Gasteiger partial charge in [-0.2, -0.15) is 0 Å². The highest BCUT2D eigenvalue weighted by Crippen LogP contribution is 2.18. The molecule has 0 radical (unpaired) electrons. The van der Waals surface area contributed by atoms with E-state index in [0.717, 1.165) is 11.1 Å². The Hall–Kier alpha value is -3.41. The summed E-state index contributed by atoms with van der Waals surface area (Å²) in [6.07, 6.45) is 0. The highest BCUT2D eigenvalue weighted by Gasteiger charge is 2.16. The summed E-state index contributed by atoms with van der Waals surface area (Å²) in [5.41, 5.74) is 1.16. The first-order chi connectivity index (χ1) is 12.4. The Morgan fingerprint density at radius 2 is 1.92 bits per heavy atom. The molecule has 6 nitrogen and oxygen atoms in total. The summed E-state index contributed by atoms with van der Waals surface area (Å²) >= 11 is 0. The predicted octanol–water partition coefficient (Wildman–Crippen LogP) is 2.96. The van der Waals surface area contributed by atoms with E-state index in [1.54, 1.807) is 36.4 Å². The number of ether oxygens (including phenoxy) is 1. The Balaban J connectivity index is 1.91. The Morgan fingerprint density at radius 3 is 2.65 bits per heavy atom. The van der Waals surface area contributed by atoms with Crippen molar-refractivity contribution in [3.05, 3.63) is 75.6 Å². The smallest absolute Gasteiger partial charge is 0.351 e. The average Bonchev–Trinajstić information content (AvgIpc) is 2.59. The molecular formula is C20H17NO5. The number of rotatable bonds is 4. The van der Waals surface area contributed by atoms with Crippen LogP contribution in [0.1, 0.15) is 28.4 Å². The number of nitrogens with one attached hydrogen (secondary N) is 1. The lowest BCUT2D eigenvalue weighted by Gasteiger charge is -2.06. The van der Waals surface area contributed by atoms with Crippen molar-refractivity contribution in [1.29, 1.82) is 0 Å². The molecule has 0 unspecified atom stereocenters. The van der Waals surface area contributed by atoms with Gasteiger partial charge in [-0.3, -0.25) is 4.79 Å². The Bertz CT molecular complexity index is 1050. The van der Waals surface area contributed by atoms with Gasteiger partial charge in [0.2, 0.25) is 5.91 Å². The molecule has 0 atom stereocenters. The van der Waals surface area contributed by atoms with Crippen LogP contribution >= 0.6 is 0 Å². The third-order valence-corrected chi connectivity index (χ3v) is 3.76. The van der Waals surface area contributed by atoms with Crippen molar-refractivity contribution in [2.75, 3.05) is 0 Å². The molecule has 1 N–H and O–H groups in total. The van der Waals surface area contributed by atoms with Gasteiger partial charge in [-0.15, -0.1) is 0 Å². The highest BCUT2D eigenvalue weighted by atomic mass is 16.5. The van der Waals surface area contributed by atoms with Gasteiger partial charge in [0.25, 0.3) is 0 Å². The standard InChI is InChI=1S/C20H17NO5/c1-12-4-3-5-16(8-12)25-19(23)17-10-15-9-14(11-21-13(2)22)6-7-18(15)26-20(17)24/h3-10H,11H2,1-2H3,(H,21,22). The van der Waals surface area contributed by atoms with Crippen molar-refractivity contribution in [3.63, 3.8) is 0 Å². The fraction of sp³-hybridized carbons (Fsp3) is 0.150. The Labute approximate surface area is 149 Å². The molecule has 0 aliphatic rings. The van der Waals surface area contributed by atoms with Gasteiger partial charge in [-0.1, -0.05) is 18.2 Å². The molecule has 0 saturated heterocycles. The van der Waals surface area contributed by atoms with E-state index in [2.05, 4.69) is 5.32 Å². The molecule has 0 spiro atoms. The minimum absolute atomic E-state index is 0.146. The molecule has 0 saturated carbocycles. The molecule has 26 heavy (non-hydrogen) atoms. The zero-order valence-electron chi connectivity index (χ0n) is 14.4. The third kappa shape index (κ3) is 3.97. The minimum Gasteiger partial charge on any atom is -0.423 e. The quantitative estimate of drug-likeness (QED) is 0.444. The minimum atomic E-state index is -0.779. The second-order valence-corrected chi connectivity index (χ2v) is 5.94. The van der Waals surface area contributed by atoms with Crippen molar-refractivity contribution in [2.24, 2.45) is 0 Å². The second-order valence-electron chi connectivity index (χ2n) is 5.94. The first-order valence-electron chi connectivity index (χ1n) is 8.02. The van der Waals surface area contributed by atoms with Crippen LogP contribution < -0.4 is 15.7 Å². The number of carbonyl (C=O) groups is 2. The van der Waals surface area contributed by atoms with Crippen LogP contribution in [0.4, 0.5) is 0 Å². The van der Waals surface area contributed by atoms with Crippen molar-refractivity contribution >= 4 is 22.8 Å². The molecule has 1 aromatic heterocycles. The summed E-state index contributed by atoms with van der Waals surface area (Å²) in [6.45, 7) is 3.64. The lowest BCUT2D eigenvalue weighted by molar-refractivity contribution is -0.119. The van der Waals surface area contributed by atoms with E-state index >= 15 is 0 Å². The van der Waals surface area contributed by atoms with Crippen LogP contribution in [-0.4, -0.2) is 11.9 Å². The molecule has 1 amide bonds. The molecule has 132 valence electrons. The zero-order chi connectivity index (χ0) is 18.7. The van der Waals surface area contributed by atoms with E-state index in [0.29, 0.717) is 23.3 Å². The summed E-state index contributed by atoms with van der Waals surface area (Å²) in [7, 11) is 0. The first-order valence-corrected chi connectivity index (χ1v) is 8.02. The van der Waals surface area contributed by atoms with Crippen LogP contribution in [0.3, 0.4) is 0 Å². The van der Waals surface area contributed by atoms with Crippen LogP contribution in [0.5, 0.6) is 5.75 Å². The number of hydrogen-bond acceptors (Lipinski definition) is 5. The van der Waals surface area contributed by atoms with Gasteiger partial charge in [0, 0.05) is 18.9 Å². The van der Waals surface area contributed by atoms with Crippen molar-refractivity contribution in [1.82, 2.24) is 5.32 Å². The second kappa shape index (κ2) is 7.23. The highest BCUT2D eigenvalue weighted by molar-refractivity contribution is 5.94. The monoisotopic (exact) mass is 351 g/mol. The maximum absolute atomic E-state index is 12.4. The van der Waals surface area contributed by atoms with E-state index in [-0.39, 0.29) is 11.5 Å². The predicted molar refractivity (Wildman–Crippen MR) is 96.1 cm³/mol. The number of amides is 1.